The fraction of sp³-hybridized carbons (Fsp3) is 0.318. The first-order chi connectivity index (χ1) is 14.0. The number of methoxy groups -OCH3 is 1. The van der Waals surface area contributed by atoms with Crippen LogP contribution in [0.3, 0.4) is 0 Å². The predicted octanol–water partition coefficient (Wildman–Crippen LogP) is 2.74. The van der Waals surface area contributed by atoms with E-state index in [1.807, 2.05) is 26.2 Å². The van der Waals surface area contributed by atoms with E-state index >= 15 is 0 Å². The Balaban J connectivity index is 1.65. The van der Waals surface area contributed by atoms with Crippen molar-refractivity contribution in [2.45, 2.75) is 13.0 Å². The van der Waals surface area contributed by atoms with Gasteiger partial charge in [0.15, 0.2) is 0 Å². The normalized spacial score (nSPS) is 17.9. The van der Waals surface area contributed by atoms with E-state index in [4.69, 9.17) is 4.74 Å². The Hall–Kier alpha value is -3.19. The average Bonchev–Trinajstić information content (AvgIpc) is 3.46. The maximum absolute atomic E-state index is 12.2. The highest BCUT2D eigenvalue weighted by atomic mass is 16.5. The number of hydrogen-bond donors (Lipinski definition) is 2. The molecule has 7 nitrogen and oxygen atoms in total. The zero-order valence-electron chi connectivity index (χ0n) is 16.7. The molecule has 3 aromatic rings. The lowest BCUT2D eigenvalue weighted by Gasteiger charge is -2.12. The van der Waals surface area contributed by atoms with Gasteiger partial charge in [-0.25, -0.2) is 4.98 Å². The number of anilines is 1. The Morgan fingerprint density at radius 1 is 1.34 bits per heavy atom. The van der Waals surface area contributed by atoms with Crippen LogP contribution in [0.4, 0.5) is 5.82 Å². The molecule has 4 rings (SSSR count). The Morgan fingerprint density at radius 2 is 2.17 bits per heavy atom. The highest BCUT2D eigenvalue weighted by molar-refractivity contribution is 5.98. The molecule has 0 unspecified atom stereocenters. The summed E-state index contributed by atoms with van der Waals surface area (Å²) in [6.07, 6.45) is 3.22. The molecule has 2 aromatic heterocycles. The third kappa shape index (κ3) is 3.61. The van der Waals surface area contributed by atoms with Gasteiger partial charge in [-0.1, -0.05) is 6.07 Å². The van der Waals surface area contributed by atoms with Crippen LogP contribution >= 0.6 is 0 Å². The molecule has 0 saturated heterocycles. The van der Waals surface area contributed by atoms with Crippen molar-refractivity contribution < 1.29 is 14.3 Å². The molecule has 1 fully saturated rings. The molecule has 0 spiro atoms. The number of nitrogens with one attached hydrogen (secondary N) is 2. The van der Waals surface area contributed by atoms with E-state index in [0.29, 0.717) is 12.2 Å². The number of carbonyl (C=O) groups excluding carboxylic acids is 2. The van der Waals surface area contributed by atoms with Crippen LogP contribution in [0.25, 0.3) is 22.2 Å². The average molecular weight is 392 g/mol. The summed E-state index contributed by atoms with van der Waals surface area (Å²) in [6.45, 7) is 0.769. The van der Waals surface area contributed by atoms with Crippen LogP contribution in [0.5, 0.6) is 5.75 Å². The van der Waals surface area contributed by atoms with E-state index in [9.17, 15) is 9.59 Å². The van der Waals surface area contributed by atoms with E-state index in [2.05, 4.69) is 38.4 Å². The summed E-state index contributed by atoms with van der Waals surface area (Å²) in [5.41, 5.74) is 4.09. The number of benzene rings is 1. The number of aromatic nitrogens is 2. The zero-order valence-corrected chi connectivity index (χ0v) is 16.7. The molecule has 1 saturated carbocycles. The quantitative estimate of drug-likeness (QED) is 0.604. The van der Waals surface area contributed by atoms with Crippen LogP contribution in [-0.4, -0.2) is 35.9 Å². The maximum atomic E-state index is 12.2. The number of pyridine rings is 1. The lowest BCUT2D eigenvalue weighted by atomic mass is 10.1. The van der Waals surface area contributed by atoms with Crippen LogP contribution in [0, 0.1) is 11.8 Å². The van der Waals surface area contributed by atoms with E-state index in [1.165, 1.54) is 0 Å². The van der Waals surface area contributed by atoms with Crippen molar-refractivity contribution >= 4 is 28.9 Å². The number of ether oxygens (including phenoxy) is 1. The van der Waals surface area contributed by atoms with Crippen LogP contribution in [0.15, 0.2) is 36.5 Å². The first kappa shape index (κ1) is 19.1. The first-order valence-corrected chi connectivity index (χ1v) is 9.59. The number of aldehydes is 1. The van der Waals surface area contributed by atoms with E-state index in [-0.39, 0.29) is 17.7 Å². The smallest absolute Gasteiger partial charge is 0.229 e. The SMILES string of the molecule is CNCc1ccc(-c2cc3cc(NC(=O)[C@@H]4C[C@H]4C=O)ncc3n2C)c(OC)c1. The monoisotopic (exact) mass is 392 g/mol. The van der Waals surface area contributed by atoms with Crippen molar-refractivity contribution in [1.82, 2.24) is 14.9 Å². The molecule has 0 aliphatic heterocycles. The third-order valence-electron chi connectivity index (χ3n) is 5.45. The van der Waals surface area contributed by atoms with Gasteiger partial charge in [-0.3, -0.25) is 4.79 Å². The third-order valence-corrected chi connectivity index (χ3v) is 5.45. The summed E-state index contributed by atoms with van der Waals surface area (Å²) < 4.78 is 7.69. The minimum atomic E-state index is -0.225. The minimum Gasteiger partial charge on any atom is -0.496 e. The summed E-state index contributed by atoms with van der Waals surface area (Å²) in [5, 5.41) is 6.94. The number of amides is 1. The van der Waals surface area contributed by atoms with Crippen molar-refractivity contribution in [3.8, 4) is 17.0 Å². The Kier molecular flexibility index (Phi) is 5.07. The molecule has 0 radical (unpaired) electrons. The van der Waals surface area contributed by atoms with Crippen LogP contribution in [0.1, 0.15) is 12.0 Å². The molecule has 1 amide bonds. The molecule has 2 atom stereocenters. The lowest BCUT2D eigenvalue weighted by Crippen LogP contribution is -2.15. The van der Waals surface area contributed by atoms with Crippen molar-refractivity contribution in [3.05, 3.63) is 42.1 Å². The van der Waals surface area contributed by atoms with Crippen LogP contribution < -0.4 is 15.4 Å². The van der Waals surface area contributed by atoms with Gasteiger partial charge in [0.2, 0.25) is 5.91 Å². The molecular weight excluding hydrogens is 368 g/mol. The fourth-order valence-electron chi connectivity index (χ4n) is 3.71. The number of rotatable bonds is 7. The standard InChI is InChI=1S/C22H24N4O3/c1-23-10-13-4-5-16(20(6-13)29-3)18-8-14-9-21(24-11-19(14)26(18)2)25-22(28)17-7-15(17)12-27/h4-6,8-9,11-12,15,17,23H,7,10H2,1-3H3,(H,24,25,28)/t15-,17+/m0/s1. The maximum Gasteiger partial charge on any atom is 0.229 e. The predicted molar refractivity (Wildman–Crippen MR) is 112 cm³/mol. The van der Waals surface area contributed by atoms with E-state index in [1.54, 1.807) is 13.3 Å². The van der Waals surface area contributed by atoms with Gasteiger partial charge in [-0.05, 0) is 43.3 Å². The largest absolute Gasteiger partial charge is 0.496 e. The van der Waals surface area contributed by atoms with E-state index in [0.717, 1.165) is 46.3 Å². The number of nitrogens with zero attached hydrogens (tertiary/aromatic N) is 2. The zero-order chi connectivity index (χ0) is 20.5. The molecule has 0 bridgehead atoms. The Morgan fingerprint density at radius 3 is 2.86 bits per heavy atom. The summed E-state index contributed by atoms with van der Waals surface area (Å²) >= 11 is 0. The topological polar surface area (TPSA) is 85.3 Å². The van der Waals surface area contributed by atoms with Gasteiger partial charge in [0.05, 0.1) is 24.5 Å². The van der Waals surface area contributed by atoms with Gasteiger partial charge in [0, 0.05) is 36.4 Å². The van der Waals surface area contributed by atoms with Crippen molar-refractivity contribution in [2.24, 2.45) is 18.9 Å². The van der Waals surface area contributed by atoms with Gasteiger partial charge in [0.1, 0.15) is 17.9 Å². The highest BCUT2D eigenvalue weighted by Gasteiger charge is 2.42. The molecule has 150 valence electrons. The molecule has 1 aromatic carbocycles. The molecule has 29 heavy (non-hydrogen) atoms. The first-order valence-electron chi connectivity index (χ1n) is 9.59. The molecule has 1 aliphatic carbocycles. The van der Waals surface area contributed by atoms with Crippen LogP contribution in [-0.2, 0) is 23.2 Å². The number of fused-ring (bicyclic) bond motifs is 1. The fourth-order valence-corrected chi connectivity index (χ4v) is 3.71. The molecule has 2 N–H and O–H groups in total. The van der Waals surface area contributed by atoms with Crippen molar-refractivity contribution in [2.75, 3.05) is 19.5 Å². The molecule has 1 aliphatic rings. The van der Waals surface area contributed by atoms with Gasteiger partial charge >= 0.3 is 0 Å². The summed E-state index contributed by atoms with van der Waals surface area (Å²) in [4.78, 5) is 27.4. The van der Waals surface area contributed by atoms with E-state index < -0.39 is 0 Å². The number of hydrogen-bond acceptors (Lipinski definition) is 5. The van der Waals surface area contributed by atoms with Crippen molar-refractivity contribution in [1.29, 1.82) is 0 Å². The molecule has 7 heteroatoms. The highest BCUT2D eigenvalue weighted by Crippen LogP contribution is 2.38. The minimum absolute atomic E-state index is 0.146. The summed E-state index contributed by atoms with van der Waals surface area (Å²) in [6, 6.07) is 10.1. The Labute approximate surface area is 169 Å². The Bertz CT molecular complexity index is 1090. The number of aryl methyl sites for hydroxylation is 1. The summed E-state index contributed by atoms with van der Waals surface area (Å²) in [7, 11) is 5.57. The molecule has 2 heterocycles. The van der Waals surface area contributed by atoms with Gasteiger partial charge in [0.25, 0.3) is 0 Å². The van der Waals surface area contributed by atoms with Gasteiger partial charge in [-0.2, -0.15) is 0 Å². The van der Waals surface area contributed by atoms with Crippen molar-refractivity contribution in [3.63, 3.8) is 0 Å². The number of carbonyl (C=O) groups is 2. The van der Waals surface area contributed by atoms with Gasteiger partial charge < -0.3 is 24.7 Å². The second-order valence-electron chi connectivity index (χ2n) is 7.41. The van der Waals surface area contributed by atoms with Crippen LogP contribution in [0.2, 0.25) is 0 Å². The molecular formula is C22H24N4O3. The second kappa shape index (κ2) is 7.67. The second-order valence-corrected chi connectivity index (χ2v) is 7.41. The summed E-state index contributed by atoms with van der Waals surface area (Å²) in [5.74, 6) is 0.773. The van der Waals surface area contributed by atoms with Gasteiger partial charge in [-0.15, -0.1) is 0 Å². The lowest BCUT2D eigenvalue weighted by molar-refractivity contribution is -0.119.